The number of carboxylic acid groups (broad SMARTS) is 2. The van der Waals surface area contributed by atoms with E-state index in [1.54, 1.807) is 0 Å². The normalized spacial score (nSPS) is 11.1. The van der Waals surface area contributed by atoms with Gasteiger partial charge in [0, 0.05) is 38.5 Å². The van der Waals surface area contributed by atoms with Crippen molar-refractivity contribution in [1.29, 1.82) is 0 Å². The molecule has 0 spiro atoms. The maximum absolute atomic E-state index is 8.33. The molecule has 0 unspecified atom stereocenters. The van der Waals surface area contributed by atoms with E-state index in [0.717, 1.165) is 0 Å². The summed E-state index contributed by atoms with van der Waals surface area (Å²) in [7, 11) is 0. The van der Waals surface area contributed by atoms with Crippen LogP contribution in [0.1, 0.15) is 119 Å². The zero-order valence-electron chi connectivity index (χ0n) is 18.6. The van der Waals surface area contributed by atoms with Crippen LogP contribution in [0.15, 0.2) is 0 Å². The predicted molar refractivity (Wildman–Crippen MR) is 106 cm³/mol. The van der Waals surface area contributed by atoms with Crippen molar-refractivity contribution in [3.05, 3.63) is 0 Å². The average molecular weight is 377 g/mol. The molecular formula is C21H48N2O3. The van der Waals surface area contributed by atoms with Crippen molar-refractivity contribution in [2.45, 2.75) is 130 Å². The van der Waals surface area contributed by atoms with Crippen molar-refractivity contribution in [2.24, 2.45) is 0 Å². The lowest BCUT2D eigenvalue weighted by atomic mass is 9.86. The quantitative estimate of drug-likeness (QED) is 0.544. The van der Waals surface area contributed by atoms with E-state index in [0.29, 0.717) is 11.1 Å². The second-order valence-corrected chi connectivity index (χ2v) is 7.75. The largest absolute Gasteiger partial charge is 0.652 e. The Morgan fingerprint density at radius 3 is 0.769 bits per heavy atom. The average Bonchev–Trinajstić information content (AvgIpc) is 2.48. The monoisotopic (exact) mass is 376 g/mol. The molecule has 0 atom stereocenters. The Morgan fingerprint density at radius 2 is 0.692 bits per heavy atom. The lowest BCUT2D eigenvalue weighted by molar-refractivity contribution is -0.484. The van der Waals surface area contributed by atoms with Crippen LogP contribution < -0.4 is 21.7 Å². The Morgan fingerprint density at radius 1 is 0.577 bits per heavy atom. The van der Waals surface area contributed by atoms with E-state index in [4.69, 9.17) is 15.0 Å². The molecule has 0 saturated heterocycles. The van der Waals surface area contributed by atoms with E-state index in [-0.39, 0.29) is 0 Å². The molecule has 0 radical (unpaired) electrons. The summed E-state index contributed by atoms with van der Waals surface area (Å²) in [5, 5.41) is 16.7. The Bertz CT molecular complexity index is 248. The molecule has 5 nitrogen and oxygen atoms in total. The molecule has 0 amide bonds. The van der Waals surface area contributed by atoms with Crippen LogP contribution in [0.3, 0.4) is 0 Å². The van der Waals surface area contributed by atoms with E-state index >= 15 is 0 Å². The van der Waals surface area contributed by atoms with E-state index < -0.39 is 6.16 Å². The molecule has 0 aliphatic rings. The molecule has 0 aliphatic heterocycles. The highest BCUT2D eigenvalue weighted by Crippen LogP contribution is 2.20. The van der Waals surface area contributed by atoms with Crippen LogP contribution in [-0.4, -0.2) is 17.2 Å². The van der Waals surface area contributed by atoms with Gasteiger partial charge < -0.3 is 26.5 Å². The first-order valence-corrected chi connectivity index (χ1v) is 10.7. The number of hydrogen-bond acceptors (Lipinski definition) is 3. The summed E-state index contributed by atoms with van der Waals surface area (Å²) >= 11 is 0. The van der Waals surface area contributed by atoms with Gasteiger partial charge in [0.25, 0.3) is 0 Å². The third-order valence-corrected chi connectivity index (χ3v) is 4.68. The van der Waals surface area contributed by atoms with Gasteiger partial charge in [-0.05, 0) is 6.16 Å². The van der Waals surface area contributed by atoms with Crippen LogP contribution >= 0.6 is 0 Å². The molecule has 0 rings (SSSR count). The summed E-state index contributed by atoms with van der Waals surface area (Å²) in [6.07, 6.45) is 13.2. The fraction of sp³-hybridized carbons (Fsp3) is 0.952. The molecule has 5 heteroatoms. The maximum atomic E-state index is 8.33. The Hall–Kier alpha value is -0.810. The SMILES string of the molecule is CCCC([NH3+])(CCC)CCC.CCCC([NH3+])(CCC)CCC.O=C([O-])[O-]. The Balaban J connectivity index is -0.000000338. The third kappa shape index (κ3) is 21.2. The molecule has 0 aromatic carbocycles. The van der Waals surface area contributed by atoms with Crippen LogP contribution in [0.2, 0.25) is 0 Å². The first-order valence-electron chi connectivity index (χ1n) is 10.7. The van der Waals surface area contributed by atoms with E-state index in [2.05, 4.69) is 53.0 Å². The lowest BCUT2D eigenvalue weighted by Crippen LogP contribution is -2.72. The van der Waals surface area contributed by atoms with Crippen molar-refractivity contribution in [1.82, 2.24) is 0 Å². The third-order valence-electron chi connectivity index (χ3n) is 4.68. The van der Waals surface area contributed by atoms with E-state index in [9.17, 15) is 0 Å². The molecule has 0 aliphatic carbocycles. The Kier molecular flexibility index (Phi) is 21.8. The van der Waals surface area contributed by atoms with Crippen LogP contribution in [0, 0.1) is 0 Å². The van der Waals surface area contributed by atoms with Gasteiger partial charge in [-0.2, -0.15) is 0 Å². The first-order chi connectivity index (χ1) is 12.1. The van der Waals surface area contributed by atoms with E-state index in [1.165, 1.54) is 77.0 Å². The minimum atomic E-state index is -2.33. The molecule has 6 N–H and O–H groups in total. The molecule has 0 saturated carbocycles. The topological polar surface area (TPSA) is 118 Å². The van der Waals surface area contributed by atoms with Gasteiger partial charge in [-0.3, -0.25) is 0 Å². The first kappa shape index (κ1) is 29.9. The number of carbonyl (C=O) groups is 1. The molecular weight excluding hydrogens is 328 g/mol. The molecule has 0 heterocycles. The molecule has 0 fully saturated rings. The van der Waals surface area contributed by atoms with Crippen LogP contribution in [0.4, 0.5) is 4.79 Å². The van der Waals surface area contributed by atoms with Gasteiger partial charge in [0.15, 0.2) is 0 Å². The van der Waals surface area contributed by atoms with Gasteiger partial charge in [-0.15, -0.1) is 0 Å². The van der Waals surface area contributed by atoms with Gasteiger partial charge in [0.1, 0.15) is 0 Å². The van der Waals surface area contributed by atoms with Crippen LogP contribution in [0.5, 0.6) is 0 Å². The summed E-state index contributed by atoms with van der Waals surface area (Å²) in [5.74, 6) is 0. The smallest absolute Gasteiger partial charge is 0.0945 e. The zero-order valence-corrected chi connectivity index (χ0v) is 18.6. The van der Waals surface area contributed by atoms with Crippen molar-refractivity contribution < 1.29 is 26.5 Å². The summed E-state index contributed by atoms with van der Waals surface area (Å²) in [4.78, 5) is 8.33. The Labute approximate surface area is 162 Å². The van der Waals surface area contributed by atoms with Crippen LogP contribution in [-0.2, 0) is 0 Å². The molecule has 160 valence electrons. The standard InChI is InChI=1S/2C10H23N.CH2O3/c2*1-4-7-10(11,8-5-2)9-6-3;2-1(3)4/h2*4-9,11H2,1-3H3;(H2,2,3,4). The van der Waals surface area contributed by atoms with E-state index in [1.807, 2.05) is 0 Å². The van der Waals surface area contributed by atoms with Gasteiger partial charge in [-0.25, -0.2) is 0 Å². The summed E-state index contributed by atoms with van der Waals surface area (Å²) in [6, 6.07) is 0. The summed E-state index contributed by atoms with van der Waals surface area (Å²) in [6.45, 7) is 13.5. The summed E-state index contributed by atoms with van der Waals surface area (Å²) in [5.41, 5.74) is 9.48. The zero-order chi connectivity index (χ0) is 21.1. The predicted octanol–water partition coefficient (Wildman–Crippen LogP) is 2.29. The number of hydrogen-bond donors (Lipinski definition) is 2. The van der Waals surface area contributed by atoms with Crippen LogP contribution in [0.25, 0.3) is 0 Å². The number of carbonyl (C=O) groups excluding carboxylic acids is 1. The van der Waals surface area contributed by atoms with Crippen molar-refractivity contribution in [3.8, 4) is 0 Å². The number of rotatable bonds is 12. The maximum Gasteiger partial charge on any atom is 0.0945 e. The lowest BCUT2D eigenvalue weighted by Gasteiger charge is -2.24. The van der Waals surface area contributed by atoms with Gasteiger partial charge in [0.2, 0.25) is 0 Å². The highest BCUT2D eigenvalue weighted by molar-refractivity contribution is 5.47. The number of quaternary nitrogens is 2. The fourth-order valence-corrected chi connectivity index (χ4v) is 3.93. The second-order valence-electron chi connectivity index (χ2n) is 7.75. The van der Waals surface area contributed by atoms with Crippen molar-refractivity contribution >= 4 is 6.16 Å². The highest BCUT2D eigenvalue weighted by atomic mass is 16.6. The molecule has 26 heavy (non-hydrogen) atoms. The minimum Gasteiger partial charge on any atom is -0.652 e. The van der Waals surface area contributed by atoms with Gasteiger partial charge in [0.05, 0.1) is 11.1 Å². The molecule has 0 aromatic heterocycles. The second kappa shape index (κ2) is 19.0. The summed E-state index contributed by atoms with van der Waals surface area (Å²) < 4.78 is 0. The van der Waals surface area contributed by atoms with Crippen molar-refractivity contribution in [3.63, 3.8) is 0 Å². The molecule has 0 aromatic rings. The fourth-order valence-electron chi connectivity index (χ4n) is 3.93. The van der Waals surface area contributed by atoms with Gasteiger partial charge in [-0.1, -0.05) is 80.1 Å². The highest BCUT2D eigenvalue weighted by Gasteiger charge is 2.26. The van der Waals surface area contributed by atoms with Crippen molar-refractivity contribution in [2.75, 3.05) is 0 Å². The molecule has 0 bridgehead atoms. The minimum absolute atomic E-state index is 0.401. The van der Waals surface area contributed by atoms with Gasteiger partial charge >= 0.3 is 0 Å².